The lowest BCUT2D eigenvalue weighted by atomic mass is 9.99. The standard InChI is InChI=1S/C10H16O2/c1-5-6-7-9(11)8-10(2,3)12-4/h1H,6-8H2,2-4H3. The molecule has 0 N–H and O–H groups in total. The number of Topliss-reactive ketones (excluding diaryl/α,β-unsaturated/α-hetero) is 1. The molecule has 0 radical (unpaired) electrons. The zero-order chi connectivity index (χ0) is 9.61. The van der Waals surface area contributed by atoms with Crippen LogP contribution in [-0.4, -0.2) is 18.5 Å². The van der Waals surface area contributed by atoms with Gasteiger partial charge in [0.2, 0.25) is 0 Å². The van der Waals surface area contributed by atoms with Gasteiger partial charge in [0.15, 0.2) is 0 Å². The summed E-state index contributed by atoms with van der Waals surface area (Å²) in [5.74, 6) is 2.61. The number of hydrogen-bond donors (Lipinski definition) is 0. The molecule has 0 aliphatic rings. The van der Waals surface area contributed by atoms with Crippen molar-refractivity contribution in [3.8, 4) is 12.3 Å². The van der Waals surface area contributed by atoms with Crippen LogP contribution in [0.15, 0.2) is 0 Å². The molecule has 0 saturated carbocycles. The quantitative estimate of drug-likeness (QED) is 0.585. The van der Waals surface area contributed by atoms with E-state index in [9.17, 15) is 4.79 Å². The molecular formula is C10H16O2. The smallest absolute Gasteiger partial charge is 0.136 e. The molecule has 0 aliphatic carbocycles. The molecule has 0 fully saturated rings. The fourth-order valence-corrected chi connectivity index (χ4v) is 0.847. The molecule has 0 saturated heterocycles. The van der Waals surface area contributed by atoms with E-state index >= 15 is 0 Å². The van der Waals surface area contributed by atoms with E-state index in [2.05, 4.69) is 5.92 Å². The summed E-state index contributed by atoms with van der Waals surface area (Å²) in [6, 6.07) is 0. The molecule has 2 heteroatoms. The Bertz CT molecular complexity index is 187. The maximum absolute atomic E-state index is 11.2. The summed E-state index contributed by atoms with van der Waals surface area (Å²) in [6.45, 7) is 3.78. The number of terminal acetylenes is 1. The summed E-state index contributed by atoms with van der Waals surface area (Å²) in [5, 5.41) is 0. The first-order valence-corrected chi connectivity index (χ1v) is 4.02. The first-order chi connectivity index (χ1) is 5.52. The monoisotopic (exact) mass is 168 g/mol. The lowest BCUT2D eigenvalue weighted by molar-refractivity contribution is -0.123. The Balaban J connectivity index is 3.78. The van der Waals surface area contributed by atoms with Crippen molar-refractivity contribution in [1.82, 2.24) is 0 Å². The van der Waals surface area contributed by atoms with Gasteiger partial charge in [-0.2, -0.15) is 0 Å². The number of carbonyl (C=O) groups excluding carboxylic acids is 1. The average molecular weight is 168 g/mol. The SMILES string of the molecule is C#CCCC(=O)CC(C)(C)OC. The van der Waals surface area contributed by atoms with Crippen molar-refractivity contribution in [1.29, 1.82) is 0 Å². The Morgan fingerprint density at radius 1 is 1.58 bits per heavy atom. The van der Waals surface area contributed by atoms with Gasteiger partial charge in [0, 0.05) is 26.4 Å². The molecular weight excluding hydrogens is 152 g/mol. The highest BCUT2D eigenvalue weighted by Gasteiger charge is 2.20. The molecule has 0 spiro atoms. The van der Waals surface area contributed by atoms with Crippen molar-refractivity contribution < 1.29 is 9.53 Å². The Morgan fingerprint density at radius 3 is 2.58 bits per heavy atom. The Kier molecular flexibility index (Phi) is 4.61. The lowest BCUT2D eigenvalue weighted by Gasteiger charge is -2.21. The number of hydrogen-bond acceptors (Lipinski definition) is 2. The fraction of sp³-hybridized carbons (Fsp3) is 0.700. The second-order valence-electron chi connectivity index (χ2n) is 3.38. The highest BCUT2D eigenvalue weighted by atomic mass is 16.5. The zero-order valence-corrected chi connectivity index (χ0v) is 8.02. The first kappa shape index (κ1) is 11.2. The molecule has 0 atom stereocenters. The van der Waals surface area contributed by atoms with Crippen molar-refractivity contribution >= 4 is 5.78 Å². The Morgan fingerprint density at radius 2 is 2.17 bits per heavy atom. The van der Waals surface area contributed by atoms with Crippen LogP contribution in [-0.2, 0) is 9.53 Å². The summed E-state index contributed by atoms with van der Waals surface area (Å²) in [5.41, 5.74) is -0.355. The lowest BCUT2D eigenvalue weighted by Crippen LogP contribution is -2.26. The van der Waals surface area contributed by atoms with Crippen LogP contribution in [0.1, 0.15) is 33.1 Å². The van der Waals surface area contributed by atoms with Gasteiger partial charge in [0.25, 0.3) is 0 Å². The maximum Gasteiger partial charge on any atom is 0.136 e. The normalized spacial score (nSPS) is 10.8. The second kappa shape index (κ2) is 4.95. The third kappa shape index (κ3) is 4.92. The van der Waals surface area contributed by atoms with E-state index in [1.807, 2.05) is 13.8 Å². The van der Waals surface area contributed by atoms with Crippen LogP contribution in [0.2, 0.25) is 0 Å². The largest absolute Gasteiger partial charge is 0.378 e. The van der Waals surface area contributed by atoms with Crippen molar-refractivity contribution in [3.05, 3.63) is 0 Å². The molecule has 0 heterocycles. The minimum absolute atomic E-state index is 0.166. The van der Waals surface area contributed by atoms with Gasteiger partial charge in [-0.25, -0.2) is 0 Å². The van der Waals surface area contributed by atoms with Gasteiger partial charge in [-0.1, -0.05) is 0 Å². The molecule has 0 aromatic heterocycles. The number of methoxy groups -OCH3 is 1. The number of rotatable bonds is 5. The van der Waals surface area contributed by atoms with Crippen molar-refractivity contribution in [2.24, 2.45) is 0 Å². The van der Waals surface area contributed by atoms with Gasteiger partial charge in [0.05, 0.1) is 5.60 Å². The molecule has 0 amide bonds. The van der Waals surface area contributed by atoms with E-state index < -0.39 is 0 Å². The Hall–Kier alpha value is -0.810. The zero-order valence-electron chi connectivity index (χ0n) is 8.02. The topological polar surface area (TPSA) is 26.3 Å². The summed E-state index contributed by atoms with van der Waals surface area (Å²) in [4.78, 5) is 11.2. The van der Waals surface area contributed by atoms with Crippen LogP contribution in [0.4, 0.5) is 0 Å². The van der Waals surface area contributed by atoms with Crippen LogP contribution in [0.3, 0.4) is 0 Å². The maximum atomic E-state index is 11.2. The van der Waals surface area contributed by atoms with Gasteiger partial charge < -0.3 is 4.74 Å². The number of carbonyl (C=O) groups is 1. The summed E-state index contributed by atoms with van der Waals surface area (Å²) in [6.07, 6.45) is 6.46. The van der Waals surface area contributed by atoms with Crippen LogP contribution in [0.25, 0.3) is 0 Å². The van der Waals surface area contributed by atoms with Gasteiger partial charge >= 0.3 is 0 Å². The number of ketones is 1. The van der Waals surface area contributed by atoms with Crippen molar-refractivity contribution in [2.45, 2.75) is 38.7 Å². The summed E-state index contributed by atoms with van der Waals surface area (Å²) >= 11 is 0. The van der Waals surface area contributed by atoms with E-state index in [4.69, 9.17) is 11.2 Å². The number of ether oxygens (including phenoxy) is 1. The second-order valence-corrected chi connectivity index (χ2v) is 3.38. The molecule has 12 heavy (non-hydrogen) atoms. The predicted molar refractivity (Wildman–Crippen MR) is 48.8 cm³/mol. The van der Waals surface area contributed by atoms with E-state index in [0.717, 1.165) is 0 Å². The molecule has 0 bridgehead atoms. The van der Waals surface area contributed by atoms with E-state index in [0.29, 0.717) is 19.3 Å². The highest BCUT2D eigenvalue weighted by Crippen LogP contribution is 2.14. The molecule has 0 rings (SSSR count). The molecule has 2 nitrogen and oxygen atoms in total. The average Bonchev–Trinajstić information content (AvgIpc) is 2.00. The molecule has 0 aromatic rings. The van der Waals surface area contributed by atoms with Gasteiger partial charge in [-0.05, 0) is 13.8 Å². The third-order valence-corrected chi connectivity index (χ3v) is 1.72. The van der Waals surface area contributed by atoms with E-state index in [1.165, 1.54) is 0 Å². The fourth-order valence-electron chi connectivity index (χ4n) is 0.847. The van der Waals surface area contributed by atoms with Crippen LogP contribution in [0.5, 0.6) is 0 Å². The first-order valence-electron chi connectivity index (χ1n) is 4.02. The molecule has 68 valence electrons. The predicted octanol–water partition coefficient (Wildman–Crippen LogP) is 1.78. The van der Waals surface area contributed by atoms with E-state index in [-0.39, 0.29) is 11.4 Å². The van der Waals surface area contributed by atoms with Crippen LogP contribution >= 0.6 is 0 Å². The van der Waals surface area contributed by atoms with Crippen molar-refractivity contribution in [3.63, 3.8) is 0 Å². The molecule has 0 aliphatic heterocycles. The van der Waals surface area contributed by atoms with E-state index in [1.54, 1.807) is 7.11 Å². The minimum Gasteiger partial charge on any atom is -0.378 e. The highest BCUT2D eigenvalue weighted by molar-refractivity contribution is 5.79. The summed E-state index contributed by atoms with van der Waals surface area (Å²) in [7, 11) is 1.61. The van der Waals surface area contributed by atoms with Gasteiger partial charge in [-0.15, -0.1) is 12.3 Å². The molecule has 0 aromatic carbocycles. The Labute approximate surface area is 74.3 Å². The minimum atomic E-state index is -0.355. The van der Waals surface area contributed by atoms with Crippen LogP contribution < -0.4 is 0 Å². The van der Waals surface area contributed by atoms with Gasteiger partial charge in [0.1, 0.15) is 5.78 Å². The van der Waals surface area contributed by atoms with Crippen LogP contribution in [0, 0.1) is 12.3 Å². The van der Waals surface area contributed by atoms with Gasteiger partial charge in [-0.3, -0.25) is 4.79 Å². The third-order valence-electron chi connectivity index (χ3n) is 1.72. The summed E-state index contributed by atoms with van der Waals surface area (Å²) < 4.78 is 5.12. The van der Waals surface area contributed by atoms with Crippen molar-refractivity contribution in [2.75, 3.05) is 7.11 Å². The molecule has 0 unspecified atom stereocenters.